The second-order valence-electron chi connectivity index (χ2n) is 6.97. The zero-order chi connectivity index (χ0) is 21.8. The van der Waals surface area contributed by atoms with Crippen LogP contribution in [0.1, 0.15) is 29.3 Å². The Hall–Kier alpha value is -3.19. The number of nitrogens with one attached hydrogen (secondary N) is 1. The van der Waals surface area contributed by atoms with Crippen LogP contribution in [0, 0.1) is 18.3 Å². The minimum Gasteiger partial charge on any atom is -0.382 e. The molecule has 0 aliphatic heterocycles. The average molecular weight is 428 g/mol. The largest absolute Gasteiger partial charge is 0.382 e. The number of aromatic nitrogens is 4. The molecule has 0 unspecified atom stereocenters. The number of anilines is 2. The van der Waals surface area contributed by atoms with Crippen molar-refractivity contribution in [1.29, 1.82) is 5.26 Å². The lowest BCUT2D eigenvalue weighted by molar-refractivity contribution is 0.670. The van der Waals surface area contributed by atoms with Crippen molar-refractivity contribution in [3.05, 3.63) is 51.1 Å². The zero-order valence-corrected chi connectivity index (χ0v) is 18.1. The maximum absolute atomic E-state index is 12.6. The van der Waals surface area contributed by atoms with Crippen LogP contribution in [0.25, 0.3) is 5.65 Å². The van der Waals surface area contributed by atoms with E-state index in [1.54, 1.807) is 29.2 Å². The summed E-state index contributed by atoms with van der Waals surface area (Å²) in [5.41, 5.74) is 9.36. The van der Waals surface area contributed by atoms with Crippen LogP contribution < -0.4 is 16.6 Å². The average Bonchev–Trinajstić information content (AvgIpc) is 3.04. The van der Waals surface area contributed by atoms with Gasteiger partial charge in [0, 0.05) is 53.2 Å². The molecule has 0 fully saturated rings. The fourth-order valence-electron chi connectivity index (χ4n) is 3.37. The summed E-state index contributed by atoms with van der Waals surface area (Å²) >= 11 is 0. The number of hydrogen-bond acceptors (Lipinski definition) is 7. The maximum Gasteiger partial charge on any atom is 0.253 e. The van der Waals surface area contributed by atoms with E-state index in [1.807, 2.05) is 13.8 Å². The molecule has 3 aromatic rings. The summed E-state index contributed by atoms with van der Waals surface area (Å²) in [7, 11) is -0.960. The fraction of sp³-hybridized carbons (Fsp3) is 0.400. The molecule has 3 rings (SSSR count). The number of hydrogen-bond donors (Lipinski definition) is 2. The maximum atomic E-state index is 12.6. The summed E-state index contributed by atoms with van der Waals surface area (Å²) in [6, 6.07) is 5.67. The van der Waals surface area contributed by atoms with Gasteiger partial charge in [0.2, 0.25) is 0 Å². The predicted molar refractivity (Wildman–Crippen MR) is 118 cm³/mol. The van der Waals surface area contributed by atoms with Crippen molar-refractivity contribution in [2.24, 2.45) is 0 Å². The lowest BCUT2D eigenvalue weighted by atomic mass is 10.2. The molecule has 0 aliphatic rings. The molecular formula is C20H25N7O2S. The monoisotopic (exact) mass is 427 g/mol. The third kappa shape index (κ3) is 4.21. The summed E-state index contributed by atoms with van der Waals surface area (Å²) < 4.78 is 14.4. The molecule has 0 bridgehead atoms. The van der Waals surface area contributed by atoms with Gasteiger partial charge in [0.1, 0.15) is 23.3 Å². The van der Waals surface area contributed by atoms with Crippen molar-refractivity contribution in [2.75, 3.05) is 29.6 Å². The van der Waals surface area contributed by atoms with E-state index >= 15 is 0 Å². The van der Waals surface area contributed by atoms with Gasteiger partial charge >= 0.3 is 0 Å². The van der Waals surface area contributed by atoms with Crippen molar-refractivity contribution in [2.45, 2.75) is 33.2 Å². The van der Waals surface area contributed by atoms with Gasteiger partial charge in [-0.05, 0) is 25.8 Å². The highest BCUT2D eigenvalue weighted by Crippen LogP contribution is 2.24. The molecular weight excluding hydrogens is 402 g/mol. The van der Waals surface area contributed by atoms with Gasteiger partial charge in [0.15, 0.2) is 5.65 Å². The topological polar surface area (TPSA) is 131 Å². The van der Waals surface area contributed by atoms with Gasteiger partial charge in [-0.2, -0.15) is 14.9 Å². The normalized spacial score (nSPS) is 12.1. The van der Waals surface area contributed by atoms with Gasteiger partial charge in [-0.3, -0.25) is 9.00 Å². The minimum atomic E-state index is -0.960. The molecule has 1 atom stereocenters. The number of fused-ring (bicyclic) bond motifs is 1. The number of rotatable bonds is 8. The summed E-state index contributed by atoms with van der Waals surface area (Å²) in [4.78, 5) is 17.2. The van der Waals surface area contributed by atoms with Crippen LogP contribution in [0.4, 0.5) is 11.6 Å². The molecule has 0 saturated carbocycles. The molecule has 0 radical (unpaired) electrons. The molecule has 3 aromatic heterocycles. The highest BCUT2D eigenvalue weighted by molar-refractivity contribution is 7.84. The minimum absolute atomic E-state index is 0.104. The van der Waals surface area contributed by atoms with Crippen LogP contribution in [0.5, 0.6) is 0 Å². The van der Waals surface area contributed by atoms with Crippen LogP contribution in [0.2, 0.25) is 0 Å². The molecule has 0 saturated heterocycles. The van der Waals surface area contributed by atoms with E-state index in [2.05, 4.69) is 21.5 Å². The first-order valence-corrected chi connectivity index (χ1v) is 11.4. The summed E-state index contributed by atoms with van der Waals surface area (Å²) in [6.45, 7) is 4.73. The van der Waals surface area contributed by atoms with Crippen LogP contribution in [0.3, 0.4) is 0 Å². The lowest BCUT2D eigenvalue weighted by Crippen LogP contribution is -2.26. The van der Waals surface area contributed by atoms with E-state index < -0.39 is 10.8 Å². The Morgan fingerprint density at radius 2 is 2.17 bits per heavy atom. The Morgan fingerprint density at radius 1 is 1.40 bits per heavy atom. The Morgan fingerprint density at radius 3 is 2.83 bits per heavy atom. The van der Waals surface area contributed by atoms with Gasteiger partial charge < -0.3 is 15.6 Å². The molecule has 10 heteroatoms. The van der Waals surface area contributed by atoms with Gasteiger partial charge in [0.25, 0.3) is 5.56 Å². The number of aryl methyl sites for hydroxylation is 3. The summed E-state index contributed by atoms with van der Waals surface area (Å²) in [6.07, 6.45) is 4.52. The molecule has 30 heavy (non-hydrogen) atoms. The van der Waals surface area contributed by atoms with Gasteiger partial charge in [0.05, 0.1) is 5.69 Å². The Bertz CT molecular complexity index is 1210. The second-order valence-corrected chi connectivity index (χ2v) is 8.53. The van der Waals surface area contributed by atoms with Gasteiger partial charge in [-0.25, -0.2) is 4.98 Å². The van der Waals surface area contributed by atoms with Crippen LogP contribution >= 0.6 is 0 Å². The summed E-state index contributed by atoms with van der Waals surface area (Å²) in [5, 5.41) is 17.1. The van der Waals surface area contributed by atoms with E-state index in [0.29, 0.717) is 42.3 Å². The van der Waals surface area contributed by atoms with E-state index in [4.69, 9.17) is 5.73 Å². The van der Waals surface area contributed by atoms with Crippen molar-refractivity contribution in [1.82, 2.24) is 19.2 Å². The van der Waals surface area contributed by atoms with Crippen LogP contribution in [-0.2, 0) is 30.2 Å². The lowest BCUT2D eigenvalue weighted by Gasteiger charge is -2.11. The highest BCUT2D eigenvalue weighted by Gasteiger charge is 2.18. The Labute approximate surface area is 177 Å². The molecule has 3 heterocycles. The number of pyridine rings is 1. The fourth-order valence-corrected chi connectivity index (χ4v) is 3.82. The van der Waals surface area contributed by atoms with E-state index in [-0.39, 0.29) is 16.9 Å². The quantitative estimate of drug-likeness (QED) is 0.553. The van der Waals surface area contributed by atoms with Crippen molar-refractivity contribution < 1.29 is 4.21 Å². The number of nitrogen functional groups attached to an aromatic ring is 1. The first-order valence-electron chi connectivity index (χ1n) is 9.67. The SMILES string of the molecule is CCc1c(C)nn2c(N)c(C#N)c(NCCc3cccn(CC[S@@](C)=O)c3=O)nc12. The van der Waals surface area contributed by atoms with Crippen LogP contribution in [-0.4, -0.2) is 41.9 Å². The smallest absolute Gasteiger partial charge is 0.253 e. The molecule has 158 valence electrons. The first kappa shape index (κ1) is 21.5. The molecule has 0 aliphatic carbocycles. The van der Waals surface area contributed by atoms with Crippen molar-refractivity contribution in [3.63, 3.8) is 0 Å². The molecule has 0 spiro atoms. The third-order valence-electron chi connectivity index (χ3n) is 4.97. The highest BCUT2D eigenvalue weighted by atomic mass is 32.2. The third-order valence-corrected chi connectivity index (χ3v) is 5.72. The van der Waals surface area contributed by atoms with Gasteiger partial charge in [-0.15, -0.1) is 0 Å². The van der Waals surface area contributed by atoms with E-state index in [0.717, 1.165) is 17.7 Å². The van der Waals surface area contributed by atoms with Crippen LogP contribution in [0.15, 0.2) is 23.1 Å². The van der Waals surface area contributed by atoms with E-state index in [9.17, 15) is 14.3 Å². The zero-order valence-electron chi connectivity index (χ0n) is 17.3. The molecule has 0 amide bonds. The molecule has 0 aromatic carbocycles. The number of nitriles is 1. The Kier molecular flexibility index (Phi) is 6.52. The van der Waals surface area contributed by atoms with Crippen molar-refractivity contribution >= 4 is 28.1 Å². The first-order chi connectivity index (χ1) is 14.4. The van der Waals surface area contributed by atoms with Crippen molar-refractivity contribution in [3.8, 4) is 6.07 Å². The van der Waals surface area contributed by atoms with Gasteiger partial charge in [-0.1, -0.05) is 13.0 Å². The van der Waals surface area contributed by atoms with E-state index in [1.165, 1.54) is 4.52 Å². The number of nitrogens with two attached hydrogens (primary N) is 1. The Balaban J connectivity index is 1.83. The predicted octanol–water partition coefficient (Wildman–Crippen LogP) is 1.25. The standard InChI is InChI=1S/C20H25N7O2S/c1-4-15-13(2)25-27-17(22)16(12-21)18(24-19(15)27)23-8-7-14-6-5-9-26(20(14)28)10-11-30(3)29/h5-6,9H,4,7-8,10-11,22H2,1-3H3,(H,23,24)/t30-/m1/s1. The second kappa shape index (κ2) is 9.09. The summed E-state index contributed by atoms with van der Waals surface area (Å²) in [5.74, 6) is 1.05. The molecule has 9 nitrogen and oxygen atoms in total. The molecule has 3 N–H and O–H groups in total. The number of nitrogens with zero attached hydrogens (tertiary/aromatic N) is 5.